The Balaban J connectivity index is 1.65. The largest absolute Gasteiger partial charge is 0.444 e. The zero-order valence-corrected chi connectivity index (χ0v) is 18.1. The van der Waals surface area contributed by atoms with Gasteiger partial charge in [-0.05, 0) is 51.2 Å². The molecule has 1 aliphatic rings. The van der Waals surface area contributed by atoms with Crippen LogP contribution < -0.4 is 5.32 Å². The molecule has 160 valence electrons. The third-order valence-electron chi connectivity index (χ3n) is 5.30. The van der Waals surface area contributed by atoms with Gasteiger partial charge in [-0.3, -0.25) is 9.69 Å². The minimum atomic E-state index is -0.575. The second kappa shape index (κ2) is 9.79. The molecule has 1 fully saturated rings. The van der Waals surface area contributed by atoms with Crippen LogP contribution in [-0.4, -0.2) is 41.6 Å². The van der Waals surface area contributed by atoms with Crippen molar-refractivity contribution < 1.29 is 14.3 Å². The van der Waals surface area contributed by atoms with Crippen LogP contribution in [0.25, 0.3) is 0 Å². The minimum Gasteiger partial charge on any atom is -0.444 e. The molecule has 0 unspecified atom stereocenters. The van der Waals surface area contributed by atoms with E-state index in [4.69, 9.17) is 4.74 Å². The molecule has 1 N–H and O–H groups in total. The van der Waals surface area contributed by atoms with Gasteiger partial charge >= 0.3 is 6.09 Å². The lowest BCUT2D eigenvalue weighted by Gasteiger charge is -2.28. The Morgan fingerprint density at radius 2 is 1.70 bits per heavy atom. The minimum absolute atomic E-state index is 0.104. The number of benzene rings is 2. The number of hydrogen-bond donors (Lipinski definition) is 1. The summed E-state index contributed by atoms with van der Waals surface area (Å²) >= 11 is 0. The summed E-state index contributed by atoms with van der Waals surface area (Å²) in [6.45, 7) is 6.59. The van der Waals surface area contributed by atoms with Crippen molar-refractivity contribution in [1.29, 1.82) is 0 Å². The molecule has 30 heavy (non-hydrogen) atoms. The normalized spacial score (nSPS) is 17.4. The van der Waals surface area contributed by atoms with Crippen molar-refractivity contribution in [3.05, 3.63) is 71.8 Å². The molecule has 1 saturated heterocycles. The number of carbonyl (C=O) groups excluding carboxylic acids is 2. The van der Waals surface area contributed by atoms with Gasteiger partial charge in [-0.2, -0.15) is 0 Å². The maximum Gasteiger partial charge on any atom is 0.410 e. The van der Waals surface area contributed by atoms with E-state index >= 15 is 0 Å². The summed E-state index contributed by atoms with van der Waals surface area (Å²) in [6, 6.07) is 20.1. The summed E-state index contributed by atoms with van der Waals surface area (Å²) in [5.41, 5.74) is 1.85. The molecular weight excluding hydrogens is 376 g/mol. The van der Waals surface area contributed by atoms with E-state index in [1.54, 1.807) is 4.90 Å². The van der Waals surface area contributed by atoms with Gasteiger partial charge in [-0.15, -0.1) is 0 Å². The maximum atomic E-state index is 13.0. The highest BCUT2D eigenvalue weighted by Crippen LogP contribution is 2.23. The van der Waals surface area contributed by atoms with Gasteiger partial charge in [0.2, 0.25) is 5.91 Å². The molecule has 0 spiro atoms. The average molecular weight is 409 g/mol. The van der Waals surface area contributed by atoms with E-state index in [0.29, 0.717) is 19.5 Å². The van der Waals surface area contributed by atoms with Gasteiger partial charge in [-0.25, -0.2) is 4.79 Å². The summed E-state index contributed by atoms with van der Waals surface area (Å²) in [7, 11) is 0. The number of likely N-dealkylation sites (tertiary alicyclic amines) is 1. The number of nitrogens with zero attached hydrogens (tertiary/aromatic N) is 1. The SMILES string of the molecule is CC(C)(C)OC(=O)N1CCC[C@H]1C(=O)NC[C@H](Cc1ccccc1)c1ccccc1. The summed E-state index contributed by atoms with van der Waals surface area (Å²) in [4.78, 5) is 27.0. The Bertz CT molecular complexity index is 830. The smallest absolute Gasteiger partial charge is 0.410 e. The Morgan fingerprint density at radius 3 is 2.33 bits per heavy atom. The van der Waals surface area contributed by atoms with Crippen LogP contribution in [0.5, 0.6) is 0 Å². The van der Waals surface area contributed by atoms with Crippen molar-refractivity contribution in [3.8, 4) is 0 Å². The molecular formula is C25H32N2O3. The monoisotopic (exact) mass is 408 g/mol. The molecule has 0 saturated carbocycles. The quantitative estimate of drug-likeness (QED) is 0.764. The first-order valence-corrected chi connectivity index (χ1v) is 10.7. The highest BCUT2D eigenvalue weighted by atomic mass is 16.6. The van der Waals surface area contributed by atoms with E-state index < -0.39 is 17.7 Å². The van der Waals surface area contributed by atoms with Crippen molar-refractivity contribution >= 4 is 12.0 Å². The van der Waals surface area contributed by atoms with Crippen molar-refractivity contribution in [2.24, 2.45) is 0 Å². The fourth-order valence-electron chi connectivity index (χ4n) is 3.85. The van der Waals surface area contributed by atoms with Gasteiger partial charge in [0.05, 0.1) is 0 Å². The zero-order valence-electron chi connectivity index (χ0n) is 18.1. The van der Waals surface area contributed by atoms with Crippen LogP contribution in [0.4, 0.5) is 4.79 Å². The van der Waals surface area contributed by atoms with E-state index in [1.165, 1.54) is 11.1 Å². The molecule has 0 radical (unpaired) electrons. The fraction of sp³-hybridized carbons (Fsp3) is 0.440. The van der Waals surface area contributed by atoms with Crippen molar-refractivity contribution in [1.82, 2.24) is 10.2 Å². The lowest BCUT2D eigenvalue weighted by atomic mass is 9.92. The highest BCUT2D eigenvalue weighted by molar-refractivity contribution is 5.86. The van der Waals surface area contributed by atoms with Crippen LogP contribution in [0.2, 0.25) is 0 Å². The van der Waals surface area contributed by atoms with Gasteiger partial charge < -0.3 is 10.1 Å². The number of rotatable bonds is 6. The molecule has 0 aromatic heterocycles. The first kappa shape index (κ1) is 21.9. The number of ether oxygens (including phenoxy) is 1. The van der Waals surface area contributed by atoms with Gasteiger partial charge in [0.25, 0.3) is 0 Å². The third kappa shape index (κ3) is 6.09. The number of hydrogen-bond acceptors (Lipinski definition) is 3. The molecule has 1 heterocycles. The van der Waals surface area contributed by atoms with E-state index in [2.05, 4.69) is 29.6 Å². The molecule has 2 aromatic carbocycles. The zero-order chi connectivity index (χ0) is 21.6. The predicted molar refractivity (Wildman–Crippen MR) is 118 cm³/mol. The third-order valence-corrected chi connectivity index (χ3v) is 5.30. The first-order valence-electron chi connectivity index (χ1n) is 10.7. The summed E-state index contributed by atoms with van der Waals surface area (Å²) < 4.78 is 5.48. The molecule has 5 heteroatoms. The van der Waals surface area contributed by atoms with Crippen molar-refractivity contribution in [3.63, 3.8) is 0 Å². The first-order chi connectivity index (χ1) is 14.3. The predicted octanol–water partition coefficient (Wildman–Crippen LogP) is 4.53. The van der Waals surface area contributed by atoms with Crippen LogP contribution in [-0.2, 0) is 16.0 Å². The van der Waals surface area contributed by atoms with Gasteiger partial charge in [-0.1, -0.05) is 60.7 Å². The van der Waals surface area contributed by atoms with Crippen LogP contribution in [0, 0.1) is 0 Å². The molecule has 2 amide bonds. The Kier molecular flexibility index (Phi) is 7.14. The van der Waals surface area contributed by atoms with E-state index in [-0.39, 0.29) is 11.8 Å². The molecule has 0 aliphatic carbocycles. The van der Waals surface area contributed by atoms with Crippen LogP contribution in [0.3, 0.4) is 0 Å². The fourth-order valence-corrected chi connectivity index (χ4v) is 3.85. The molecule has 5 nitrogen and oxygen atoms in total. The number of amides is 2. The molecule has 0 bridgehead atoms. The Morgan fingerprint density at radius 1 is 1.07 bits per heavy atom. The van der Waals surface area contributed by atoms with E-state index in [0.717, 1.165) is 12.8 Å². The van der Waals surface area contributed by atoms with Crippen molar-refractivity contribution in [2.75, 3.05) is 13.1 Å². The standard InChI is InChI=1S/C25H32N2O3/c1-25(2,3)30-24(29)27-16-10-15-22(27)23(28)26-18-21(20-13-8-5-9-14-20)17-19-11-6-4-7-12-19/h4-9,11-14,21-22H,10,15-18H2,1-3H3,(H,26,28)/t21-,22-/m0/s1. The number of nitrogens with one attached hydrogen (secondary N) is 1. The topological polar surface area (TPSA) is 58.6 Å². The average Bonchev–Trinajstić information content (AvgIpc) is 3.21. The van der Waals surface area contributed by atoms with E-state index in [1.807, 2.05) is 57.2 Å². The van der Waals surface area contributed by atoms with Gasteiger partial charge in [0.15, 0.2) is 0 Å². The Labute approximate surface area is 179 Å². The molecule has 2 aromatic rings. The second-order valence-corrected chi connectivity index (χ2v) is 8.87. The molecule has 3 rings (SSSR count). The molecule has 1 aliphatic heterocycles. The second-order valence-electron chi connectivity index (χ2n) is 8.87. The van der Waals surface area contributed by atoms with Crippen molar-refractivity contribution in [2.45, 2.75) is 57.6 Å². The summed E-state index contributed by atoms with van der Waals surface area (Å²) in [5.74, 6) is 0.0567. The van der Waals surface area contributed by atoms with E-state index in [9.17, 15) is 9.59 Å². The lowest BCUT2D eigenvalue weighted by Crippen LogP contribution is -2.48. The maximum absolute atomic E-state index is 13.0. The summed E-state index contributed by atoms with van der Waals surface area (Å²) in [6.07, 6.45) is 1.90. The Hall–Kier alpha value is -2.82. The van der Waals surface area contributed by atoms with Crippen LogP contribution >= 0.6 is 0 Å². The van der Waals surface area contributed by atoms with Gasteiger partial charge in [0.1, 0.15) is 11.6 Å². The van der Waals surface area contributed by atoms with Crippen LogP contribution in [0.15, 0.2) is 60.7 Å². The van der Waals surface area contributed by atoms with Crippen LogP contribution in [0.1, 0.15) is 50.7 Å². The number of carbonyl (C=O) groups is 2. The highest BCUT2D eigenvalue weighted by Gasteiger charge is 2.36. The summed E-state index contributed by atoms with van der Waals surface area (Å²) in [5, 5.41) is 3.10. The van der Waals surface area contributed by atoms with Gasteiger partial charge in [0, 0.05) is 19.0 Å². The molecule has 2 atom stereocenters. The lowest BCUT2D eigenvalue weighted by molar-refractivity contribution is -0.125.